The summed E-state index contributed by atoms with van der Waals surface area (Å²) in [6, 6.07) is 0.259. The molecule has 5 heteroatoms. The Morgan fingerprint density at radius 2 is 1.94 bits per heavy atom. The van der Waals surface area contributed by atoms with Gasteiger partial charge in [-0.1, -0.05) is 27.7 Å². The smallest absolute Gasteiger partial charge is 0.204 e. The van der Waals surface area contributed by atoms with Crippen LogP contribution in [0.2, 0.25) is 0 Å². The zero-order valence-corrected chi connectivity index (χ0v) is 12.3. The van der Waals surface area contributed by atoms with E-state index in [9.17, 15) is 0 Å². The van der Waals surface area contributed by atoms with E-state index >= 15 is 0 Å². The van der Waals surface area contributed by atoms with Crippen molar-refractivity contribution >= 4 is 16.7 Å². The molecule has 0 aliphatic heterocycles. The average molecular weight is 256 g/mol. The molecule has 1 aromatic rings. The summed E-state index contributed by atoms with van der Waals surface area (Å²) < 4.78 is 4.36. The van der Waals surface area contributed by atoms with Gasteiger partial charge in [-0.3, -0.25) is 0 Å². The predicted octanol–water partition coefficient (Wildman–Crippen LogP) is 2.47. The molecule has 4 nitrogen and oxygen atoms in total. The molecule has 0 aromatic carbocycles. The predicted molar refractivity (Wildman–Crippen MR) is 74.7 cm³/mol. The van der Waals surface area contributed by atoms with E-state index in [2.05, 4.69) is 49.0 Å². The Morgan fingerprint density at radius 3 is 2.41 bits per heavy atom. The van der Waals surface area contributed by atoms with Crippen LogP contribution < -0.4 is 10.6 Å². The van der Waals surface area contributed by atoms with Gasteiger partial charge in [0.25, 0.3) is 0 Å². The van der Waals surface area contributed by atoms with Crippen molar-refractivity contribution in [3.05, 3.63) is 5.82 Å². The molecule has 1 atom stereocenters. The number of hydrogen-bond donors (Lipinski definition) is 1. The summed E-state index contributed by atoms with van der Waals surface area (Å²) in [6.45, 7) is 9.48. The van der Waals surface area contributed by atoms with Gasteiger partial charge in [0.1, 0.15) is 5.82 Å². The van der Waals surface area contributed by atoms with Gasteiger partial charge in [-0.05, 0) is 12.3 Å². The molecule has 0 fully saturated rings. The molecule has 17 heavy (non-hydrogen) atoms. The van der Waals surface area contributed by atoms with Crippen molar-refractivity contribution in [1.82, 2.24) is 9.36 Å². The minimum Gasteiger partial charge on any atom is -0.350 e. The van der Waals surface area contributed by atoms with Gasteiger partial charge < -0.3 is 10.6 Å². The largest absolute Gasteiger partial charge is 0.350 e. The van der Waals surface area contributed by atoms with E-state index in [0.29, 0.717) is 11.8 Å². The van der Waals surface area contributed by atoms with Gasteiger partial charge in [0.15, 0.2) is 0 Å². The summed E-state index contributed by atoms with van der Waals surface area (Å²) in [5, 5.41) is 0.990. The first-order valence-electron chi connectivity index (χ1n) is 6.22. The van der Waals surface area contributed by atoms with Gasteiger partial charge in [0.05, 0.1) is 0 Å². The van der Waals surface area contributed by atoms with Gasteiger partial charge >= 0.3 is 0 Å². The fourth-order valence-electron chi connectivity index (χ4n) is 1.39. The van der Waals surface area contributed by atoms with Gasteiger partial charge in [0, 0.05) is 37.1 Å². The van der Waals surface area contributed by atoms with Crippen molar-refractivity contribution in [2.45, 2.75) is 46.1 Å². The van der Waals surface area contributed by atoms with Crippen LogP contribution in [0.3, 0.4) is 0 Å². The molecule has 1 aromatic heterocycles. The van der Waals surface area contributed by atoms with Crippen molar-refractivity contribution in [2.24, 2.45) is 11.7 Å². The van der Waals surface area contributed by atoms with Crippen LogP contribution in [0.1, 0.15) is 45.9 Å². The number of aromatic nitrogens is 2. The van der Waals surface area contributed by atoms with Crippen molar-refractivity contribution in [2.75, 3.05) is 18.5 Å². The molecule has 0 spiro atoms. The van der Waals surface area contributed by atoms with Crippen LogP contribution in [0.15, 0.2) is 0 Å². The van der Waals surface area contributed by atoms with E-state index in [1.54, 1.807) is 0 Å². The number of nitrogens with zero attached hydrogens (tertiary/aromatic N) is 3. The van der Waals surface area contributed by atoms with E-state index in [1.807, 2.05) is 0 Å². The highest BCUT2D eigenvalue weighted by atomic mass is 32.1. The first kappa shape index (κ1) is 14.4. The lowest BCUT2D eigenvalue weighted by molar-refractivity contribution is 0.466. The van der Waals surface area contributed by atoms with Crippen molar-refractivity contribution in [3.8, 4) is 0 Å². The highest BCUT2D eigenvalue weighted by molar-refractivity contribution is 7.09. The molecule has 1 unspecified atom stereocenters. The van der Waals surface area contributed by atoms with E-state index in [1.165, 1.54) is 11.5 Å². The molecular formula is C12H24N4S. The molecule has 0 bridgehead atoms. The van der Waals surface area contributed by atoms with Crippen molar-refractivity contribution in [3.63, 3.8) is 0 Å². The number of hydrogen-bond acceptors (Lipinski definition) is 5. The fourth-order valence-corrected chi connectivity index (χ4v) is 2.18. The summed E-state index contributed by atoms with van der Waals surface area (Å²) in [7, 11) is 2.05. The average Bonchev–Trinajstić information content (AvgIpc) is 2.74. The van der Waals surface area contributed by atoms with Crippen LogP contribution in [0.4, 0.5) is 5.13 Å². The minimum atomic E-state index is 0.259. The lowest BCUT2D eigenvalue weighted by atomic mass is 10.0. The van der Waals surface area contributed by atoms with E-state index in [0.717, 1.165) is 23.9 Å². The topological polar surface area (TPSA) is 55.0 Å². The monoisotopic (exact) mass is 256 g/mol. The molecule has 1 heterocycles. The maximum absolute atomic E-state index is 6.04. The number of anilines is 1. The normalized spacial score (nSPS) is 13.4. The Balaban J connectivity index is 2.49. The third-order valence-electron chi connectivity index (χ3n) is 2.93. The van der Waals surface area contributed by atoms with Crippen LogP contribution >= 0.6 is 11.5 Å². The van der Waals surface area contributed by atoms with E-state index in [-0.39, 0.29) is 6.04 Å². The molecule has 0 aliphatic carbocycles. The highest BCUT2D eigenvalue weighted by Gasteiger charge is 2.13. The molecular weight excluding hydrogens is 232 g/mol. The second-order valence-corrected chi connectivity index (χ2v) is 5.94. The summed E-state index contributed by atoms with van der Waals surface area (Å²) in [5.41, 5.74) is 6.04. The summed E-state index contributed by atoms with van der Waals surface area (Å²) in [4.78, 5) is 6.67. The first-order chi connectivity index (χ1) is 7.91. The van der Waals surface area contributed by atoms with E-state index in [4.69, 9.17) is 5.73 Å². The Hall–Kier alpha value is -0.680. The molecule has 2 N–H and O–H groups in total. The van der Waals surface area contributed by atoms with Crippen LogP contribution in [0, 0.1) is 5.92 Å². The number of rotatable bonds is 6. The van der Waals surface area contributed by atoms with E-state index < -0.39 is 0 Å². The SMILES string of the molecule is CC(C)c1nsc(N(C)CCC(N)C(C)C)n1. The van der Waals surface area contributed by atoms with Gasteiger partial charge in [-0.15, -0.1) is 0 Å². The Bertz CT molecular complexity index is 335. The molecule has 0 aliphatic rings. The van der Waals surface area contributed by atoms with Gasteiger partial charge in [-0.2, -0.15) is 4.37 Å². The zero-order valence-electron chi connectivity index (χ0n) is 11.5. The van der Waals surface area contributed by atoms with Gasteiger partial charge in [0.2, 0.25) is 5.13 Å². The fraction of sp³-hybridized carbons (Fsp3) is 0.833. The molecule has 98 valence electrons. The van der Waals surface area contributed by atoms with Crippen LogP contribution in [0.25, 0.3) is 0 Å². The minimum absolute atomic E-state index is 0.259. The maximum atomic E-state index is 6.04. The third kappa shape index (κ3) is 4.24. The molecule has 0 amide bonds. The summed E-state index contributed by atoms with van der Waals surface area (Å²) >= 11 is 1.47. The van der Waals surface area contributed by atoms with Crippen LogP contribution in [-0.2, 0) is 0 Å². The first-order valence-corrected chi connectivity index (χ1v) is 6.99. The maximum Gasteiger partial charge on any atom is 0.204 e. The lowest BCUT2D eigenvalue weighted by Crippen LogP contribution is -2.31. The van der Waals surface area contributed by atoms with Crippen LogP contribution in [-0.4, -0.2) is 29.0 Å². The van der Waals surface area contributed by atoms with Crippen molar-refractivity contribution < 1.29 is 0 Å². The summed E-state index contributed by atoms with van der Waals surface area (Å²) in [6.07, 6.45) is 0.991. The number of nitrogens with two attached hydrogens (primary N) is 1. The second kappa shape index (κ2) is 6.31. The molecule has 0 radical (unpaired) electrons. The standard InChI is InChI=1S/C12H24N4S/c1-8(2)10(13)6-7-16(5)12-14-11(9(3)4)15-17-12/h8-10H,6-7,13H2,1-5H3. The highest BCUT2D eigenvalue weighted by Crippen LogP contribution is 2.20. The Labute approximate surface area is 108 Å². The Morgan fingerprint density at radius 1 is 1.29 bits per heavy atom. The molecule has 0 saturated carbocycles. The second-order valence-electron chi connectivity index (χ2n) is 5.21. The lowest BCUT2D eigenvalue weighted by Gasteiger charge is -2.20. The quantitative estimate of drug-likeness (QED) is 0.849. The van der Waals surface area contributed by atoms with Crippen molar-refractivity contribution in [1.29, 1.82) is 0 Å². The molecule has 0 saturated heterocycles. The molecule has 1 rings (SSSR count). The summed E-state index contributed by atoms with van der Waals surface area (Å²) in [5.74, 6) is 1.86. The van der Waals surface area contributed by atoms with Crippen LogP contribution in [0.5, 0.6) is 0 Å². The Kier molecular flexibility index (Phi) is 5.33. The zero-order chi connectivity index (χ0) is 13.0. The van der Waals surface area contributed by atoms with Gasteiger partial charge in [-0.25, -0.2) is 4.98 Å². The third-order valence-corrected chi connectivity index (χ3v) is 3.77.